The van der Waals surface area contributed by atoms with E-state index in [-0.39, 0.29) is 0 Å². The molecule has 0 aliphatic rings. The third-order valence-electron chi connectivity index (χ3n) is 2.89. The van der Waals surface area contributed by atoms with E-state index in [1.54, 1.807) is 17.5 Å². The van der Waals surface area contributed by atoms with Gasteiger partial charge in [-0.3, -0.25) is 0 Å². The van der Waals surface area contributed by atoms with Crippen LogP contribution in [-0.4, -0.2) is 18.6 Å². The normalized spacial score (nSPS) is 10.1. The Morgan fingerprint density at radius 2 is 2.28 bits per heavy atom. The van der Waals surface area contributed by atoms with Gasteiger partial charge in [-0.2, -0.15) is 5.26 Å². The zero-order valence-corrected chi connectivity index (χ0v) is 11.4. The predicted molar refractivity (Wildman–Crippen MR) is 75.0 cm³/mol. The Morgan fingerprint density at radius 1 is 1.44 bits per heavy atom. The van der Waals surface area contributed by atoms with Gasteiger partial charge in [0, 0.05) is 24.7 Å². The minimum atomic E-state index is 0.672. The van der Waals surface area contributed by atoms with Gasteiger partial charge in [0.2, 0.25) is 0 Å². The number of hydrogen-bond donors (Lipinski definition) is 0. The average molecular weight is 257 g/mol. The molecule has 0 aliphatic carbocycles. The summed E-state index contributed by atoms with van der Waals surface area (Å²) >= 11 is 1.76. The highest BCUT2D eigenvalue weighted by Gasteiger charge is 2.11. The van der Waals surface area contributed by atoms with Crippen LogP contribution >= 0.6 is 11.3 Å². The first-order valence-electron chi connectivity index (χ1n) is 5.81. The molecule has 0 aromatic carbocycles. The molecule has 0 saturated carbocycles. The van der Waals surface area contributed by atoms with E-state index in [4.69, 9.17) is 0 Å². The molecule has 0 amide bonds. The number of aryl methyl sites for hydroxylation is 1. The van der Waals surface area contributed by atoms with Crippen molar-refractivity contribution in [1.29, 1.82) is 5.26 Å². The Morgan fingerprint density at radius 3 is 2.94 bits per heavy atom. The zero-order chi connectivity index (χ0) is 13.0. The molecular weight excluding hydrogens is 242 g/mol. The largest absolute Gasteiger partial charge is 0.358 e. The first kappa shape index (κ1) is 12.6. The number of likely N-dealkylation sites (N-methyl/N-ethyl adjacent to an activating group) is 1. The van der Waals surface area contributed by atoms with Crippen LogP contribution in [0.2, 0.25) is 0 Å². The Hall–Kier alpha value is -1.86. The average Bonchev–Trinajstić information content (AvgIpc) is 2.88. The zero-order valence-electron chi connectivity index (χ0n) is 10.6. The second-order valence-electron chi connectivity index (χ2n) is 4.19. The van der Waals surface area contributed by atoms with Crippen molar-refractivity contribution in [3.8, 4) is 6.07 Å². The van der Waals surface area contributed by atoms with Crippen molar-refractivity contribution in [3.63, 3.8) is 0 Å². The lowest BCUT2D eigenvalue weighted by molar-refractivity contribution is 0.865. The van der Waals surface area contributed by atoms with E-state index in [1.807, 2.05) is 24.9 Å². The third-order valence-corrected chi connectivity index (χ3v) is 3.82. The highest BCUT2D eigenvalue weighted by atomic mass is 32.1. The molecule has 0 fully saturated rings. The molecule has 0 spiro atoms. The molecule has 18 heavy (non-hydrogen) atoms. The van der Waals surface area contributed by atoms with E-state index in [9.17, 15) is 5.26 Å². The molecule has 0 bridgehead atoms. The summed E-state index contributed by atoms with van der Waals surface area (Å²) in [5.74, 6) is 0.772. The number of nitriles is 1. The molecule has 0 saturated heterocycles. The Kier molecular flexibility index (Phi) is 3.96. The van der Waals surface area contributed by atoms with Crippen LogP contribution in [0.1, 0.15) is 16.0 Å². The maximum absolute atomic E-state index is 9.19. The van der Waals surface area contributed by atoms with Crippen LogP contribution in [0.5, 0.6) is 0 Å². The van der Waals surface area contributed by atoms with E-state index in [0.29, 0.717) is 5.56 Å². The van der Waals surface area contributed by atoms with Crippen LogP contribution in [0.15, 0.2) is 29.8 Å². The number of anilines is 1. The number of nitrogens with zero attached hydrogens (tertiary/aromatic N) is 3. The lowest BCUT2D eigenvalue weighted by atomic mass is 10.1. The second kappa shape index (κ2) is 5.65. The summed E-state index contributed by atoms with van der Waals surface area (Å²) in [6, 6.07) is 8.30. The van der Waals surface area contributed by atoms with Crippen molar-refractivity contribution in [2.24, 2.45) is 0 Å². The summed E-state index contributed by atoms with van der Waals surface area (Å²) < 4.78 is 0. The molecule has 0 N–H and O–H groups in total. The maximum atomic E-state index is 9.19. The van der Waals surface area contributed by atoms with Gasteiger partial charge in [-0.05, 0) is 36.4 Å². The van der Waals surface area contributed by atoms with E-state index >= 15 is 0 Å². The lowest BCUT2D eigenvalue weighted by Gasteiger charge is -2.19. The van der Waals surface area contributed by atoms with Crippen molar-refractivity contribution in [2.45, 2.75) is 13.3 Å². The van der Waals surface area contributed by atoms with Crippen molar-refractivity contribution in [2.75, 3.05) is 18.5 Å². The predicted octanol–water partition coefficient (Wildman–Crippen LogP) is 3.00. The molecule has 4 heteroatoms. The highest BCUT2D eigenvalue weighted by Crippen LogP contribution is 2.19. The van der Waals surface area contributed by atoms with Crippen molar-refractivity contribution < 1.29 is 0 Å². The smallest absolute Gasteiger partial charge is 0.146 e. The van der Waals surface area contributed by atoms with Gasteiger partial charge in [0.1, 0.15) is 11.9 Å². The summed E-state index contributed by atoms with van der Waals surface area (Å²) in [6.45, 7) is 2.81. The molecule has 0 radical (unpaired) electrons. The third kappa shape index (κ3) is 2.69. The molecule has 3 nitrogen and oxygen atoms in total. The summed E-state index contributed by atoms with van der Waals surface area (Å²) in [6.07, 6.45) is 2.74. The Bertz CT molecular complexity index is 555. The van der Waals surface area contributed by atoms with Gasteiger partial charge in [-0.1, -0.05) is 6.07 Å². The Balaban J connectivity index is 2.12. The maximum Gasteiger partial charge on any atom is 0.146 e. The van der Waals surface area contributed by atoms with Gasteiger partial charge >= 0.3 is 0 Å². The molecule has 0 atom stereocenters. The minimum Gasteiger partial charge on any atom is -0.358 e. The molecule has 2 heterocycles. The lowest BCUT2D eigenvalue weighted by Crippen LogP contribution is -2.22. The van der Waals surface area contributed by atoms with Gasteiger partial charge in [0.05, 0.1) is 5.56 Å². The monoisotopic (exact) mass is 257 g/mol. The number of rotatable bonds is 4. The molecular formula is C14H15N3S. The first-order chi connectivity index (χ1) is 8.72. The second-order valence-corrected chi connectivity index (χ2v) is 5.22. The molecule has 0 unspecified atom stereocenters. The quantitative estimate of drug-likeness (QED) is 0.845. The van der Waals surface area contributed by atoms with Crippen LogP contribution in [0, 0.1) is 18.3 Å². The van der Waals surface area contributed by atoms with E-state index in [1.165, 1.54) is 4.88 Å². The summed E-state index contributed by atoms with van der Waals surface area (Å²) in [4.78, 5) is 7.72. The summed E-state index contributed by atoms with van der Waals surface area (Å²) in [7, 11) is 1.98. The molecule has 2 aromatic rings. The molecule has 92 valence electrons. The SMILES string of the molecule is Cc1ccnc(N(C)CCc2cccs2)c1C#N. The van der Waals surface area contributed by atoms with Crippen LogP contribution in [0.3, 0.4) is 0 Å². The summed E-state index contributed by atoms with van der Waals surface area (Å²) in [5.41, 5.74) is 1.65. The number of pyridine rings is 1. The fraction of sp³-hybridized carbons (Fsp3) is 0.286. The standard InChI is InChI=1S/C14H15N3S/c1-11-5-7-16-14(13(11)10-15)17(2)8-6-12-4-3-9-18-12/h3-5,7,9H,6,8H2,1-2H3. The van der Waals surface area contributed by atoms with Crippen molar-refractivity contribution in [3.05, 3.63) is 45.8 Å². The van der Waals surface area contributed by atoms with Gasteiger partial charge in [-0.25, -0.2) is 4.98 Å². The molecule has 2 rings (SSSR count). The van der Waals surface area contributed by atoms with Crippen LogP contribution < -0.4 is 4.90 Å². The highest BCUT2D eigenvalue weighted by molar-refractivity contribution is 7.09. The fourth-order valence-corrected chi connectivity index (χ4v) is 2.51. The van der Waals surface area contributed by atoms with Crippen molar-refractivity contribution in [1.82, 2.24) is 4.98 Å². The Labute approximate surface area is 111 Å². The minimum absolute atomic E-state index is 0.672. The van der Waals surface area contributed by atoms with E-state index < -0.39 is 0 Å². The summed E-state index contributed by atoms with van der Waals surface area (Å²) in [5, 5.41) is 11.3. The molecule has 0 aliphatic heterocycles. The van der Waals surface area contributed by atoms with Gasteiger partial charge in [0.15, 0.2) is 0 Å². The fourth-order valence-electron chi connectivity index (χ4n) is 1.81. The number of thiophene rings is 1. The van der Waals surface area contributed by atoms with E-state index in [2.05, 4.69) is 28.6 Å². The first-order valence-corrected chi connectivity index (χ1v) is 6.69. The van der Waals surface area contributed by atoms with Crippen molar-refractivity contribution >= 4 is 17.2 Å². The van der Waals surface area contributed by atoms with Gasteiger partial charge < -0.3 is 4.90 Å². The molecule has 2 aromatic heterocycles. The number of hydrogen-bond acceptors (Lipinski definition) is 4. The van der Waals surface area contributed by atoms with Crippen LogP contribution in [-0.2, 0) is 6.42 Å². The van der Waals surface area contributed by atoms with Crippen LogP contribution in [0.4, 0.5) is 5.82 Å². The van der Waals surface area contributed by atoms with Crippen LogP contribution in [0.25, 0.3) is 0 Å². The van der Waals surface area contributed by atoms with Gasteiger partial charge in [-0.15, -0.1) is 11.3 Å². The number of aromatic nitrogens is 1. The van der Waals surface area contributed by atoms with Gasteiger partial charge in [0.25, 0.3) is 0 Å². The van der Waals surface area contributed by atoms with E-state index in [0.717, 1.165) is 24.3 Å². The topological polar surface area (TPSA) is 39.9 Å².